The van der Waals surface area contributed by atoms with E-state index < -0.39 is 9.84 Å². The second kappa shape index (κ2) is 4.38. The highest BCUT2D eigenvalue weighted by Crippen LogP contribution is 2.18. The van der Waals surface area contributed by atoms with E-state index in [2.05, 4.69) is 10.3 Å². The van der Waals surface area contributed by atoms with Crippen molar-refractivity contribution in [2.75, 3.05) is 11.5 Å². The first-order valence-corrected chi connectivity index (χ1v) is 7.95. The molecule has 1 aliphatic rings. The van der Waals surface area contributed by atoms with Crippen LogP contribution in [0, 0.1) is 0 Å². The number of carbonyl (C=O) groups is 1. The Balaban J connectivity index is 1.83. The molecule has 1 aliphatic heterocycles. The number of benzene rings is 1. The zero-order chi connectivity index (χ0) is 13.5. The molecule has 1 amide bonds. The second-order valence-electron chi connectivity index (χ2n) is 4.82. The fourth-order valence-electron chi connectivity index (χ4n) is 2.46. The molecule has 6 heteroatoms. The van der Waals surface area contributed by atoms with Crippen LogP contribution in [0.3, 0.4) is 0 Å². The highest BCUT2D eigenvalue weighted by atomic mass is 32.2. The van der Waals surface area contributed by atoms with E-state index in [1.807, 2.05) is 12.1 Å². The molecule has 2 heterocycles. The van der Waals surface area contributed by atoms with Crippen molar-refractivity contribution in [2.45, 2.75) is 12.5 Å². The number of aromatic nitrogens is 1. The molecule has 5 nitrogen and oxygen atoms in total. The molecule has 0 spiro atoms. The van der Waals surface area contributed by atoms with Crippen LogP contribution in [-0.2, 0) is 9.84 Å². The number of hydrogen-bond acceptors (Lipinski definition) is 3. The maximum absolute atomic E-state index is 12.2. The summed E-state index contributed by atoms with van der Waals surface area (Å²) in [5.41, 5.74) is 1.47. The number of amides is 1. The van der Waals surface area contributed by atoms with Crippen LogP contribution in [-0.4, -0.2) is 36.9 Å². The van der Waals surface area contributed by atoms with Crippen molar-refractivity contribution >= 4 is 26.6 Å². The molecule has 1 aromatic carbocycles. The number of rotatable bonds is 2. The quantitative estimate of drug-likeness (QED) is 0.863. The number of hydrogen-bond donors (Lipinski definition) is 2. The molecule has 0 bridgehead atoms. The molecule has 2 aromatic rings. The van der Waals surface area contributed by atoms with Gasteiger partial charge in [-0.3, -0.25) is 4.79 Å². The van der Waals surface area contributed by atoms with Crippen molar-refractivity contribution < 1.29 is 13.2 Å². The minimum atomic E-state index is -2.98. The highest BCUT2D eigenvalue weighted by Gasteiger charge is 2.29. The Morgan fingerprint density at radius 2 is 2.16 bits per heavy atom. The van der Waals surface area contributed by atoms with Crippen LogP contribution >= 0.6 is 0 Å². The molecule has 0 radical (unpaired) electrons. The van der Waals surface area contributed by atoms with Crippen molar-refractivity contribution in [3.8, 4) is 0 Å². The largest absolute Gasteiger partial charge is 0.361 e. The Morgan fingerprint density at radius 1 is 1.32 bits per heavy atom. The van der Waals surface area contributed by atoms with Gasteiger partial charge in [-0.1, -0.05) is 6.07 Å². The van der Waals surface area contributed by atoms with Crippen LogP contribution in [0.5, 0.6) is 0 Å². The molecule has 0 aliphatic carbocycles. The number of H-pyrrole nitrogens is 1. The Morgan fingerprint density at radius 3 is 2.89 bits per heavy atom. The van der Waals surface area contributed by atoms with E-state index in [1.54, 1.807) is 18.3 Å². The van der Waals surface area contributed by atoms with E-state index in [1.165, 1.54) is 0 Å². The van der Waals surface area contributed by atoms with Gasteiger partial charge < -0.3 is 10.3 Å². The topological polar surface area (TPSA) is 79.0 Å². The molecular weight excluding hydrogens is 264 g/mol. The monoisotopic (exact) mass is 278 g/mol. The summed E-state index contributed by atoms with van der Waals surface area (Å²) >= 11 is 0. The fraction of sp³-hybridized carbons (Fsp3) is 0.308. The zero-order valence-electron chi connectivity index (χ0n) is 10.2. The summed E-state index contributed by atoms with van der Waals surface area (Å²) < 4.78 is 22.7. The number of nitrogens with one attached hydrogen (secondary N) is 2. The van der Waals surface area contributed by atoms with Gasteiger partial charge in [0.1, 0.15) is 0 Å². The van der Waals surface area contributed by atoms with E-state index in [-0.39, 0.29) is 23.5 Å². The first-order chi connectivity index (χ1) is 9.05. The average Bonchev–Trinajstić information content (AvgIpc) is 2.94. The third-order valence-electron chi connectivity index (χ3n) is 3.41. The van der Waals surface area contributed by atoms with E-state index in [4.69, 9.17) is 0 Å². The molecule has 2 N–H and O–H groups in total. The lowest BCUT2D eigenvalue weighted by molar-refractivity contribution is 0.0943. The zero-order valence-corrected chi connectivity index (χ0v) is 11.0. The van der Waals surface area contributed by atoms with Gasteiger partial charge in [-0.2, -0.15) is 0 Å². The maximum Gasteiger partial charge on any atom is 0.252 e. The van der Waals surface area contributed by atoms with Gasteiger partial charge in [-0.15, -0.1) is 0 Å². The van der Waals surface area contributed by atoms with E-state index in [9.17, 15) is 13.2 Å². The Labute approximate surface area is 110 Å². The lowest BCUT2D eigenvalue weighted by Gasteiger charge is -2.11. The van der Waals surface area contributed by atoms with Gasteiger partial charge in [0.2, 0.25) is 0 Å². The van der Waals surface area contributed by atoms with Gasteiger partial charge in [0, 0.05) is 28.7 Å². The molecule has 1 saturated heterocycles. The average molecular weight is 278 g/mol. The van der Waals surface area contributed by atoms with Crippen LogP contribution in [0.15, 0.2) is 30.5 Å². The van der Waals surface area contributed by atoms with E-state index in [0.717, 1.165) is 10.9 Å². The molecule has 0 unspecified atom stereocenters. The number of aromatic amines is 1. The molecule has 1 atom stereocenters. The number of fused-ring (bicyclic) bond motifs is 1. The predicted molar refractivity (Wildman–Crippen MR) is 72.8 cm³/mol. The molecule has 19 heavy (non-hydrogen) atoms. The summed E-state index contributed by atoms with van der Waals surface area (Å²) in [6.45, 7) is 0. The first-order valence-electron chi connectivity index (χ1n) is 6.12. The number of sulfone groups is 1. The fourth-order valence-corrected chi connectivity index (χ4v) is 4.13. The maximum atomic E-state index is 12.2. The van der Waals surface area contributed by atoms with Gasteiger partial charge in [0.25, 0.3) is 5.91 Å². The standard InChI is InChI=1S/C13H14N2O3S/c16-13(15-9-5-7-19(17,18)8-9)11-2-1-3-12-10(11)4-6-14-12/h1-4,6,9,14H,5,7-8H2,(H,15,16)/t9-/m1/s1. The minimum absolute atomic E-state index is 0.0435. The van der Waals surface area contributed by atoms with Crippen LogP contribution in [0.4, 0.5) is 0 Å². The van der Waals surface area contributed by atoms with Crippen molar-refractivity contribution in [3.63, 3.8) is 0 Å². The van der Waals surface area contributed by atoms with Crippen molar-refractivity contribution in [1.82, 2.24) is 10.3 Å². The molecule has 0 saturated carbocycles. The molecular formula is C13H14N2O3S. The third kappa shape index (κ3) is 2.35. The van der Waals surface area contributed by atoms with Crippen molar-refractivity contribution in [3.05, 3.63) is 36.0 Å². The lowest BCUT2D eigenvalue weighted by Crippen LogP contribution is -2.35. The van der Waals surface area contributed by atoms with Gasteiger partial charge >= 0.3 is 0 Å². The Hall–Kier alpha value is -1.82. The van der Waals surface area contributed by atoms with Crippen molar-refractivity contribution in [2.24, 2.45) is 0 Å². The van der Waals surface area contributed by atoms with Crippen LogP contribution in [0.2, 0.25) is 0 Å². The number of carbonyl (C=O) groups excluding carboxylic acids is 1. The molecule has 1 aromatic heterocycles. The molecule has 1 fully saturated rings. The van der Waals surface area contributed by atoms with E-state index in [0.29, 0.717) is 12.0 Å². The Kier molecular flexibility index (Phi) is 2.82. The Bertz CT molecular complexity index is 733. The second-order valence-corrected chi connectivity index (χ2v) is 7.05. The summed E-state index contributed by atoms with van der Waals surface area (Å²) in [7, 11) is -2.98. The van der Waals surface area contributed by atoms with Gasteiger partial charge in [0.15, 0.2) is 9.84 Å². The summed E-state index contributed by atoms with van der Waals surface area (Å²) in [6.07, 6.45) is 2.28. The summed E-state index contributed by atoms with van der Waals surface area (Å²) in [6, 6.07) is 7.02. The van der Waals surface area contributed by atoms with Gasteiger partial charge in [-0.25, -0.2) is 8.42 Å². The lowest BCUT2D eigenvalue weighted by atomic mass is 10.1. The predicted octanol–water partition coefficient (Wildman–Crippen LogP) is 1.08. The highest BCUT2D eigenvalue weighted by molar-refractivity contribution is 7.91. The molecule has 100 valence electrons. The normalized spacial score (nSPS) is 21.6. The summed E-state index contributed by atoms with van der Waals surface area (Å²) in [4.78, 5) is 15.2. The van der Waals surface area contributed by atoms with E-state index >= 15 is 0 Å². The van der Waals surface area contributed by atoms with Crippen LogP contribution in [0.25, 0.3) is 10.9 Å². The smallest absolute Gasteiger partial charge is 0.252 e. The molecule has 3 rings (SSSR count). The minimum Gasteiger partial charge on any atom is -0.361 e. The SMILES string of the molecule is O=C(N[C@@H]1CCS(=O)(=O)C1)c1cccc2[nH]ccc12. The third-order valence-corrected chi connectivity index (χ3v) is 5.18. The van der Waals surface area contributed by atoms with Gasteiger partial charge in [-0.05, 0) is 24.6 Å². The van der Waals surface area contributed by atoms with Gasteiger partial charge in [0.05, 0.1) is 11.5 Å². The first kappa shape index (κ1) is 12.2. The van der Waals surface area contributed by atoms with Crippen LogP contribution < -0.4 is 5.32 Å². The summed E-state index contributed by atoms with van der Waals surface area (Å²) in [5.74, 6) is -0.0129. The summed E-state index contributed by atoms with van der Waals surface area (Å²) in [5, 5.41) is 3.65. The van der Waals surface area contributed by atoms with Crippen LogP contribution in [0.1, 0.15) is 16.8 Å². The van der Waals surface area contributed by atoms with Crippen molar-refractivity contribution in [1.29, 1.82) is 0 Å².